The largest absolute Gasteiger partial charge is 0.393 e. The minimum Gasteiger partial charge on any atom is -0.393 e. The molecule has 0 saturated carbocycles. The Morgan fingerprint density at radius 2 is 2.33 bits per heavy atom. The molecule has 0 bridgehead atoms. The van der Waals surface area contributed by atoms with Crippen LogP contribution >= 0.6 is 11.3 Å². The molecular weight excluding hydrogens is 322 g/mol. The first-order chi connectivity index (χ1) is 11.7. The molecule has 4 atom stereocenters. The van der Waals surface area contributed by atoms with Crippen molar-refractivity contribution in [2.75, 3.05) is 6.54 Å². The highest BCUT2D eigenvalue weighted by atomic mass is 32.1. The van der Waals surface area contributed by atoms with Gasteiger partial charge in [-0.05, 0) is 43.0 Å². The number of aliphatic hydroxyl groups is 1. The monoisotopic (exact) mass is 343 g/mol. The average molecular weight is 343 g/mol. The maximum absolute atomic E-state index is 11.8. The predicted molar refractivity (Wildman–Crippen MR) is 91.8 cm³/mol. The lowest BCUT2D eigenvalue weighted by atomic mass is 9.84. The molecule has 2 fully saturated rings. The molecular formula is C18H21N3O2S. The fourth-order valence-corrected chi connectivity index (χ4v) is 5.80. The first-order valence-electron chi connectivity index (χ1n) is 8.79. The number of carbonyl (C=O) groups excluding carboxylic acids is 1. The number of aromatic nitrogens is 2. The van der Waals surface area contributed by atoms with E-state index in [0.29, 0.717) is 24.3 Å². The van der Waals surface area contributed by atoms with E-state index in [9.17, 15) is 9.90 Å². The van der Waals surface area contributed by atoms with Crippen LogP contribution in [0.5, 0.6) is 0 Å². The predicted octanol–water partition coefficient (Wildman–Crippen LogP) is 2.67. The van der Waals surface area contributed by atoms with Crippen molar-refractivity contribution in [3.05, 3.63) is 28.8 Å². The first-order valence-corrected chi connectivity index (χ1v) is 9.67. The van der Waals surface area contributed by atoms with E-state index in [4.69, 9.17) is 0 Å². The van der Waals surface area contributed by atoms with Crippen LogP contribution in [0.3, 0.4) is 0 Å². The molecule has 1 amide bonds. The number of amides is 1. The molecule has 5 rings (SSSR count). The summed E-state index contributed by atoms with van der Waals surface area (Å²) in [5.41, 5.74) is 2.44. The highest BCUT2D eigenvalue weighted by molar-refractivity contribution is 7.10. The molecule has 2 aromatic rings. The van der Waals surface area contributed by atoms with Crippen molar-refractivity contribution in [3.63, 3.8) is 0 Å². The third kappa shape index (κ3) is 2.09. The molecule has 0 radical (unpaired) electrons. The number of fused-ring (bicyclic) bond motifs is 4. The van der Waals surface area contributed by atoms with Gasteiger partial charge in [-0.1, -0.05) is 0 Å². The molecule has 0 unspecified atom stereocenters. The Morgan fingerprint density at radius 3 is 3.25 bits per heavy atom. The van der Waals surface area contributed by atoms with Gasteiger partial charge in [0.2, 0.25) is 5.91 Å². The fourth-order valence-electron chi connectivity index (χ4n) is 4.79. The van der Waals surface area contributed by atoms with Crippen LogP contribution < -0.4 is 0 Å². The van der Waals surface area contributed by atoms with Gasteiger partial charge in [0.25, 0.3) is 0 Å². The molecule has 5 heterocycles. The average Bonchev–Trinajstić information content (AvgIpc) is 3.33. The van der Waals surface area contributed by atoms with E-state index in [2.05, 4.69) is 21.0 Å². The number of nitrogens with zero attached hydrogens (tertiary/aromatic N) is 3. The van der Waals surface area contributed by atoms with Crippen molar-refractivity contribution >= 4 is 17.2 Å². The van der Waals surface area contributed by atoms with Crippen LogP contribution in [-0.4, -0.2) is 44.2 Å². The van der Waals surface area contributed by atoms with E-state index in [1.54, 1.807) is 11.3 Å². The summed E-state index contributed by atoms with van der Waals surface area (Å²) >= 11 is 1.77. The maximum atomic E-state index is 11.8. The third-order valence-electron chi connectivity index (χ3n) is 6.05. The van der Waals surface area contributed by atoms with Crippen molar-refractivity contribution < 1.29 is 9.90 Å². The summed E-state index contributed by atoms with van der Waals surface area (Å²) in [6.45, 7) is 0.816. The quantitative estimate of drug-likeness (QED) is 0.932. The van der Waals surface area contributed by atoms with Crippen LogP contribution in [0.2, 0.25) is 0 Å². The van der Waals surface area contributed by atoms with Crippen molar-refractivity contribution in [3.8, 4) is 11.3 Å². The van der Waals surface area contributed by atoms with Crippen molar-refractivity contribution in [1.82, 2.24) is 14.5 Å². The number of hydrogen-bond donors (Lipinski definition) is 1. The van der Waals surface area contributed by atoms with Gasteiger partial charge < -0.3 is 14.6 Å². The molecule has 0 spiro atoms. The van der Waals surface area contributed by atoms with Gasteiger partial charge in [-0.3, -0.25) is 4.79 Å². The lowest BCUT2D eigenvalue weighted by molar-refractivity contribution is -0.131. The molecule has 5 nitrogen and oxygen atoms in total. The molecule has 126 valence electrons. The van der Waals surface area contributed by atoms with E-state index >= 15 is 0 Å². The maximum Gasteiger partial charge on any atom is 0.222 e. The minimum atomic E-state index is -0.323. The molecule has 24 heavy (non-hydrogen) atoms. The third-order valence-corrected chi connectivity index (χ3v) is 7.07. The van der Waals surface area contributed by atoms with Gasteiger partial charge in [-0.25, -0.2) is 4.98 Å². The van der Waals surface area contributed by atoms with Crippen LogP contribution in [0, 0.1) is 5.92 Å². The normalized spacial score (nSPS) is 29.5. The van der Waals surface area contributed by atoms with Gasteiger partial charge in [0.1, 0.15) is 0 Å². The van der Waals surface area contributed by atoms with Gasteiger partial charge in [0, 0.05) is 29.4 Å². The number of imidazole rings is 1. The van der Waals surface area contributed by atoms with Crippen LogP contribution in [-0.2, 0) is 4.79 Å². The Kier molecular flexibility index (Phi) is 3.31. The van der Waals surface area contributed by atoms with Gasteiger partial charge in [0.05, 0.1) is 30.4 Å². The Labute approximate surface area is 144 Å². The van der Waals surface area contributed by atoms with E-state index in [1.807, 2.05) is 17.4 Å². The summed E-state index contributed by atoms with van der Waals surface area (Å²) in [6, 6.07) is 2.72. The zero-order valence-corrected chi connectivity index (χ0v) is 14.3. The minimum absolute atomic E-state index is 0.204. The summed E-state index contributed by atoms with van der Waals surface area (Å²) in [7, 11) is 0. The molecule has 2 saturated heterocycles. The Balaban J connectivity index is 1.33. The number of aliphatic hydroxyl groups excluding tert-OH is 1. The molecule has 0 aromatic carbocycles. The second-order valence-electron chi connectivity index (χ2n) is 7.27. The van der Waals surface area contributed by atoms with E-state index in [1.165, 1.54) is 16.1 Å². The van der Waals surface area contributed by atoms with E-state index in [0.717, 1.165) is 32.2 Å². The number of thiophene rings is 1. The Bertz CT molecular complexity index is 743. The van der Waals surface area contributed by atoms with Crippen molar-refractivity contribution in [1.29, 1.82) is 0 Å². The number of hydrogen-bond acceptors (Lipinski definition) is 4. The highest BCUT2D eigenvalue weighted by Crippen LogP contribution is 2.45. The molecule has 0 aliphatic carbocycles. The summed E-state index contributed by atoms with van der Waals surface area (Å²) < 4.78 is 2.21. The smallest absolute Gasteiger partial charge is 0.222 e. The van der Waals surface area contributed by atoms with Gasteiger partial charge in [-0.2, -0.15) is 0 Å². The Morgan fingerprint density at radius 1 is 1.42 bits per heavy atom. The Hall–Kier alpha value is -1.66. The first kappa shape index (κ1) is 14.7. The SMILES string of the molecule is O=C1CC[C@H]2C[C@@H]([C@H](O)C[C@H]3c4sccc4-c4cncn43)CCN12. The van der Waals surface area contributed by atoms with Crippen LogP contribution in [0.25, 0.3) is 11.3 Å². The second-order valence-corrected chi connectivity index (χ2v) is 8.22. The standard InChI is InChI=1S/C18H21N3O2S/c22-16(11-3-5-20-12(7-11)1-2-17(20)23)8-14-18-13(4-6-24-18)15-9-19-10-21(14)15/h4,6,9-12,14,16,22H,1-3,5,7-8H2/t11-,12-,14-,16+/m0/s1. The summed E-state index contributed by atoms with van der Waals surface area (Å²) in [4.78, 5) is 19.5. The molecule has 6 heteroatoms. The van der Waals surface area contributed by atoms with E-state index < -0.39 is 0 Å². The van der Waals surface area contributed by atoms with Gasteiger partial charge >= 0.3 is 0 Å². The van der Waals surface area contributed by atoms with Crippen LogP contribution in [0.4, 0.5) is 0 Å². The van der Waals surface area contributed by atoms with Crippen LogP contribution in [0.15, 0.2) is 24.0 Å². The molecule has 3 aliphatic rings. The van der Waals surface area contributed by atoms with Gasteiger partial charge in [-0.15, -0.1) is 11.3 Å². The van der Waals surface area contributed by atoms with Crippen molar-refractivity contribution in [2.24, 2.45) is 5.92 Å². The molecule has 2 aromatic heterocycles. The number of rotatable bonds is 3. The summed E-state index contributed by atoms with van der Waals surface area (Å²) in [5.74, 6) is 0.600. The second kappa shape index (κ2) is 5.43. The van der Waals surface area contributed by atoms with E-state index in [-0.39, 0.29) is 12.1 Å². The number of piperidine rings is 1. The highest BCUT2D eigenvalue weighted by Gasteiger charge is 2.40. The summed E-state index contributed by atoms with van der Waals surface area (Å²) in [6.07, 6.45) is 7.74. The number of carbonyl (C=O) groups is 1. The summed E-state index contributed by atoms with van der Waals surface area (Å²) in [5, 5.41) is 13.0. The fraction of sp³-hybridized carbons (Fsp3) is 0.556. The zero-order valence-electron chi connectivity index (χ0n) is 13.5. The van der Waals surface area contributed by atoms with Crippen LogP contribution in [0.1, 0.15) is 43.0 Å². The molecule has 3 aliphatic heterocycles. The lowest BCUT2D eigenvalue weighted by Crippen LogP contribution is -2.43. The lowest BCUT2D eigenvalue weighted by Gasteiger charge is -2.37. The topological polar surface area (TPSA) is 58.4 Å². The van der Waals surface area contributed by atoms with Gasteiger partial charge in [0.15, 0.2) is 0 Å². The molecule has 1 N–H and O–H groups in total. The zero-order chi connectivity index (χ0) is 16.3. The van der Waals surface area contributed by atoms with Crippen molar-refractivity contribution in [2.45, 2.75) is 50.3 Å².